The minimum Gasteiger partial charge on any atom is -0.381 e. The van der Waals surface area contributed by atoms with E-state index in [1.54, 1.807) is 6.07 Å². The largest absolute Gasteiger partial charge is 0.381 e. The first-order valence-corrected chi connectivity index (χ1v) is 6.59. The zero-order valence-corrected chi connectivity index (χ0v) is 12.1. The second-order valence-electron chi connectivity index (χ2n) is 4.69. The Labute approximate surface area is 122 Å². The highest BCUT2D eigenvalue weighted by Crippen LogP contribution is 2.23. The number of nitro benzene ring substituents is 1. The molecule has 0 aliphatic rings. The number of non-ortho nitro benzene ring substituents is 1. The third-order valence-corrected chi connectivity index (χ3v) is 3.60. The molecule has 0 fully saturated rings. The van der Waals surface area contributed by atoms with Crippen molar-refractivity contribution in [2.75, 3.05) is 5.32 Å². The first-order valence-electron chi connectivity index (χ1n) is 6.21. The van der Waals surface area contributed by atoms with Crippen LogP contribution in [0.1, 0.15) is 16.7 Å². The van der Waals surface area contributed by atoms with Gasteiger partial charge < -0.3 is 5.32 Å². The van der Waals surface area contributed by atoms with E-state index in [9.17, 15) is 10.1 Å². The number of rotatable bonds is 4. The van der Waals surface area contributed by atoms with Gasteiger partial charge in [-0.05, 0) is 48.7 Å². The Kier molecular flexibility index (Phi) is 4.25. The molecule has 0 spiro atoms. The summed E-state index contributed by atoms with van der Waals surface area (Å²) >= 11 is 6.06. The number of nitro groups is 1. The minimum absolute atomic E-state index is 0.0475. The summed E-state index contributed by atoms with van der Waals surface area (Å²) in [5.41, 5.74) is 4.14. The van der Waals surface area contributed by atoms with E-state index in [1.165, 1.54) is 23.3 Å². The highest BCUT2D eigenvalue weighted by molar-refractivity contribution is 6.31. The summed E-state index contributed by atoms with van der Waals surface area (Å²) in [6, 6.07) is 10.5. The topological polar surface area (TPSA) is 55.2 Å². The van der Waals surface area contributed by atoms with Crippen LogP contribution in [0.2, 0.25) is 5.02 Å². The molecule has 0 amide bonds. The van der Waals surface area contributed by atoms with Crippen LogP contribution in [-0.2, 0) is 6.54 Å². The number of benzene rings is 2. The van der Waals surface area contributed by atoms with Gasteiger partial charge in [0.15, 0.2) is 0 Å². The molecule has 0 unspecified atom stereocenters. The van der Waals surface area contributed by atoms with Gasteiger partial charge in [0.2, 0.25) is 0 Å². The molecule has 104 valence electrons. The lowest BCUT2D eigenvalue weighted by Crippen LogP contribution is -2.01. The lowest BCUT2D eigenvalue weighted by Gasteiger charge is -2.10. The van der Waals surface area contributed by atoms with Crippen molar-refractivity contribution in [2.24, 2.45) is 0 Å². The molecule has 0 saturated heterocycles. The van der Waals surface area contributed by atoms with Crippen LogP contribution in [0.4, 0.5) is 11.4 Å². The number of anilines is 1. The molecule has 0 aliphatic carbocycles. The molecule has 2 rings (SSSR count). The molecule has 20 heavy (non-hydrogen) atoms. The van der Waals surface area contributed by atoms with Gasteiger partial charge in [0.25, 0.3) is 5.69 Å². The molecule has 0 bridgehead atoms. The van der Waals surface area contributed by atoms with Crippen molar-refractivity contribution < 1.29 is 4.92 Å². The Balaban J connectivity index is 2.15. The van der Waals surface area contributed by atoms with Crippen molar-refractivity contribution in [2.45, 2.75) is 20.4 Å². The van der Waals surface area contributed by atoms with Crippen LogP contribution in [0, 0.1) is 24.0 Å². The maximum atomic E-state index is 10.8. The molecule has 2 aromatic rings. The Morgan fingerprint density at radius 1 is 1.15 bits per heavy atom. The summed E-state index contributed by atoms with van der Waals surface area (Å²) in [5.74, 6) is 0. The molecule has 2 aromatic carbocycles. The summed E-state index contributed by atoms with van der Waals surface area (Å²) in [4.78, 5) is 10.3. The zero-order valence-electron chi connectivity index (χ0n) is 11.3. The Bertz CT molecular complexity index is 656. The number of nitrogens with zero attached hydrogens (tertiary/aromatic N) is 1. The second-order valence-corrected chi connectivity index (χ2v) is 5.09. The molecular weight excluding hydrogens is 276 g/mol. The number of aryl methyl sites for hydroxylation is 2. The summed E-state index contributed by atoms with van der Waals surface area (Å²) < 4.78 is 0. The fourth-order valence-corrected chi connectivity index (χ4v) is 2.04. The molecule has 4 nitrogen and oxygen atoms in total. The Hall–Kier alpha value is -2.07. The molecule has 0 heterocycles. The minimum atomic E-state index is -0.421. The van der Waals surface area contributed by atoms with Crippen molar-refractivity contribution in [3.63, 3.8) is 0 Å². The second kappa shape index (κ2) is 5.92. The van der Waals surface area contributed by atoms with E-state index >= 15 is 0 Å². The summed E-state index contributed by atoms with van der Waals surface area (Å²) in [5, 5.41) is 14.5. The monoisotopic (exact) mass is 290 g/mol. The lowest BCUT2D eigenvalue weighted by atomic mass is 10.1. The smallest absolute Gasteiger partial charge is 0.269 e. The van der Waals surface area contributed by atoms with Gasteiger partial charge in [0.05, 0.1) is 4.92 Å². The summed E-state index contributed by atoms with van der Waals surface area (Å²) in [7, 11) is 0. The van der Waals surface area contributed by atoms with Crippen LogP contribution in [0.5, 0.6) is 0 Å². The van der Waals surface area contributed by atoms with E-state index in [0.29, 0.717) is 17.1 Å². The normalized spacial score (nSPS) is 10.3. The van der Waals surface area contributed by atoms with E-state index in [4.69, 9.17) is 11.6 Å². The molecule has 0 aromatic heterocycles. The van der Waals surface area contributed by atoms with Crippen molar-refractivity contribution in [3.05, 3.63) is 68.2 Å². The van der Waals surface area contributed by atoms with Crippen LogP contribution < -0.4 is 5.32 Å². The summed E-state index contributed by atoms with van der Waals surface area (Å²) in [6.45, 7) is 4.54. The van der Waals surface area contributed by atoms with E-state index in [2.05, 4.69) is 12.2 Å². The summed E-state index contributed by atoms with van der Waals surface area (Å²) in [6.07, 6.45) is 0. The first-order chi connectivity index (χ1) is 9.47. The molecule has 0 aliphatic heterocycles. The van der Waals surface area contributed by atoms with Gasteiger partial charge >= 0.3 is 0 Å². The number of nitrogens with one attached hydrogen (secondary N) is 1. The van der Waals surface area contributed by atoms with Gasteiger partial charge in [-0.3, -0.25) is 10.1 Å². The van der Waals surface area contributed by atoms with Crippen LogP contribution in [0.15, 0.2) is 36.4 Å². The lowest BCUT2D eigenvalue weighted by molar-refractivity contribution is -0.384. The first kappa shape index (κ1) is 14.3. The highest BCUT2D eigenvalue weighted by atomic mass is 35.5. The predicted octanol–water partition coefficient (Wildman–Crippen LogP) is 4.48. The fourth-order valence-electron chi connectivity index (χ4n) is 1.86. The van der Waals surface area contributed by atoms with Crippen LogP contribution in [0.25, 0.3) is 0 Å². The fraction of sp³-hybridized carbons (Fsp3) is 0.200. The number of hydrogen-bond acceptors (Lipinski definition) is 3. The van der Waals surface area contributed by atoms with E-state index < -0.39 is 4.92 Å². The van der Waals surface area contributed by atoms with E-state index in [-0.39, 0.29) is 5.69 Å². The van der Waals surface area contributed by atoms with Crippen LogP contribution in [0.3, 0.4) is 0 Å². The zero-order chi connectivity index (χ0) is 14.7. The van der Waals surface area contributed by atoms with Gasteiger partial charge in [-0.25, -0.2) is 0 Å². The van der Waals surface area contributed by atoms with Crippen molar-refractivity contribution >= 4 is 23.0 Å². The quantitative estimate of drug-likeness (QED) is 0.667. The van der Waals surface area contributed by atoms with Gasteiger partial charge in [-0.1, -0.05) is 17.7 Å². The van der Waals surface area contributed by atoms with Crippen LogP contribution >= 0.6 is 11.6 Å². The Morgan fingerprint density at radius 3 is 2.55 bits per heavy atom. The third kappa shape index (κ3) is 3.27. The standard InChI is InChI=1S/C15H15ClN2O2/c1-10-3-4-13(7-11(10)2)17-9-12-8-14(18(19)20)5-6-15(12)16/h3-8,17H,9H2,1-2H3. The molecule has 0 radical (unpaired) electrons. The van der Waals surface area contributed by atoms with Crippen molar-refractivity contribution in [1.29, 1.82) is 0 Å². The van der Waals surface area contributed by atoms with E-state index in [0.717, 1.165) is 5.69 Å². The highest BCUT2D eigenvalue weighted by Gasteiger charge is 2.09. The molecule has 0 saturated carbocycles. The van der Waals surface area contributed by atoms with Gasteiger partial charge in [-0.2, -0.15) is 0 Å². The maximum Gasteiger partial charge on any atom is 0.269 e. The van der Waals surface area contributed by atoms with Gasteiger partial charge in [0, 0.05) is 29.4 Å². The van der Waals surface area contributed by atoms with E-state index in [1.807, 2.05) is 25.1 Å². The van der Waals surface area contributed by atoms with Crippen LogP contribution in [-0.4, -0.2) is 4.92 Å². The molecule has 1 N–H and O–H groups in total. The van der Waals surface area contributed by atoms with Crippen molar-refractivity contribution in [1.82, 2.24) is 0 Å². The molecular formula is C15H15ClN2O2. The molecule has 0 atom stereocenters. The Morgan fingerprint density at radius 2 is 1.90 bits per heavy atom. The van der Waals surface area contributed by atoms with Gasteiger partial charge in [-0.15, -0.1) is 0 Å². The number of hydrogen-bond donors (Lipinski definition) is 1. The number of halogens is 1. The molecule has 5 heteroatoms. The maximum absolute atomic E-state index is 10.8. The average Bonchev–Trinajstić information content (AvgIpc) is 2.41. The predicted molar refractivity (Wildman–Crippen MR) is 81.3 cm³/mol. The van der Waals surface area contributed by atoms with Gasteiger partial charge in [0.1, 0.15) is 0 Å². The SMILES string of the molecule is Cc1ccc(NCc2cc([N+](=O)[O-])ccc2Cl)cc1C. The third-order valence-electron chi connectivity index (χ3n) is 3.23. The van der Waals surface area contributed by atoms with Crippen molar-refractivity contribution in [3.8, 4) is 0 Å². The average molecular weight is 291 g/mol.